The van der Waals surface area contributed by atoms with Crippen molar-refractivity contribution in [2.24, 2.45) is 0 Å². The summed E-state index contributed by atoms with van der Waals surface area (Å²) >= 11 is 0. The third kappa shape index (κ3) is 1.29. The monoisotopic (exact) mass is 148 g/mol. The Labute approximate surface area is 55.3 Å². The molecule has 0 amide bonds. The predicted molar refractivity (Wildman–Crippen MR) is 26.9 cm³/mol. The first-order valence-corrected chi connectivity index (χ1v) is 2.36. The van der Waals surface area contributed by atoms with Gasteiger partial charge in [-0.15, -0.1) is 0 Å². The Kier molecular flexibility index (Phi) is 1.42. The van der Waals surface area contributed by atoms with Gasteiger partial charge in [0, 0.05) is 6.20 Å². The van der Waals surface area contributed by atoms with Crippen LogP contribution in [0.25, 0.3) is 0 Å². The highest BCUT2D eigenvalue weighted by atomic mass is 19.4. The zero-order valence-electron chi connectivity index (χ0n) is 4.76. The van der Waals surface area contributed by atoms with Gasteiger partial charge in [0.1, 0.15) is 0 Å². The van der Waals surface area contributed by atoms with Crippen molar-refractivity contribution in [3.63, 3.8) is 0 Å². The molecule has 1 rings (SSSR count). The average Bonchev–Trinajstić information content (AvgIpc) is 2.11. The van der Waals surface area contributed by atoms with E-state index in [1.807, 2.05) is 0 Å². The highest BCUT2D eigenvalue weighted by Gasteiger charge is 2.33. The van der Waals surface area contributed by atoms with Gasteiger partial charge in [0.05, 0.1) is 13.4 Å². The molecule has 1 aromatic heterocycles. The maximum Gasteiger partial charge on any atom is 0.434 e. The van der Waals surface area contributed by atoms with Crippen molar-refractivity contribution in [3.05, 3.63) is 25.3 Å². The van der Waals surface area contributed by atoms with Crippen molar-refractivity contribution in [1.82, 2.24) is 9.55 Å². The Hall–Kier alpha value is -1.00. The standard InChI is InChI=1S/C5H3F3N2/c1-10-2-4(9-3-10)5(6,7)8/h1-3H. The summed E-state index contributed by atoms with van der Waals surface area (Å²) in [6, 6.07) is 0. The second-order valence-electron chi connectivity index (χ2n) is 1.70. The Bertz CT molecular complexity index is 225. The lowest BCUT2D eigenvalue weighted by molar-refractivity contribution is -0.140. The molecule has 0 aliphatic rings. The van der Waals surface area contributed by atoms with Gasteiger partial charge in [0.2, 0.25) is 0 Å². The van der Waals surface area contributed by atoms with Crippen LogP contribution < -0.4 is 0 Å². The van der Waals surface area contributed by atoms with Crippen molar-refractivity contribution in [2.75, 3.05) is 0 Å². The van der Waals surface area contributed by atoms with Gasteiger partial charge in [-0.1, -0.05) is 0 Å². The van der Waals surface area contributed by atoms with Gasteiger partial charge in [-0.2, -0.15) is 13.2 Å². The third-order valence-corrected chi connectivity index (χ3v) is 0.892. The molecule has 0 aromatic carbocycles. The molecule has 2 radical (unpaired) electrons. The molecule has 0 N–H and O–H groups in total. The zero-order chi connectivity index (χ0) is 7.78. The van der Waals surface area contributed by atoms with Crippen LogP contribution in [-0.4, -0.2) is 9.55 Å². The first kappa shape index (κ1) is 7.11. The van der Waals surface area contributed by atoms with E-state index in [1.165, 1.54) is 0 Å². The van der Waals surface area contributed by atoms with Gasteiger partial charge in [0.15, 0.2) is 5.69 Å². The molecular formula is C5H3F3N2. The molecule has 10 heavy (non-hydrogen) atoms. The van der Waals surface area contributed by atoms with Crippen LogP contribution in [0.4, 0.5) is 13.2 Å². The Morgan fingerprint density at radius 1 is 1.50 bits per heavy atom. The van der Waals surface area contributed by atoms with Crippen LogP contribution in [-0.2, 0) is 6.18 Å². The lowest BCUT2D eigenvalue weighted by atomic mass is 10.5. The van der Waals surface area contributed by atoms with Crippen LogP contribution in [0.1, 0.15) is 5.69 Å². The molecular weight excluding hydrogens is 145 g/mol. The summed E-state index contributed by atoms with van der Waals surface area (Å²) in [6.45, 7) is 0. The largest absolute Gasteiger partial charge is 0.434 e. The first-order valence-electron chi connectivity index (χ1n) is 2.36. The van der Waals surface area contributed by atoms with Crippen molar-refractivity contribution in [3.8, 4) is 0 Å². The minimum Gasteiger partial charge on any atom is -0.329 e. The lowest BCUT2D eigenvalue weighted by Gasteiger charge is -1.98. The minimum atomic E-state index is -4.40. The van der Waals surface area contributed by atoms with E-state index in [1.54, 1.807) is 0 Å². The molecule has 5 heteroatoms. The highest BCUT2D eigenvalue weighted by molar-refractivity contribution is 5.01. The topological polar surface area (TPSA) is 17.8 Å². The normalized spacial score (nSPS) is 12.0. The molecule has 1 aromatic rings. The van der Waals surface area contributed by atoms with Crippen LogP contribution in [0.15, 0.2) is 12.5 Å². The predicted octanol–water partition coefficient (Wildman–Crippen LogP) is 1.42. The van der Waals surface area contributed by atoms with E-state index in [0.29, 0.717) is 6.20 Å². The van der Waals surface area contributed by atoms with Gasteiger partial charge in [0.25, 0.3) is 0 Å². The van der Waals surface area contributed by atoms with Crippen molar-refractivity contribution < 1.29 is 13.2 Å². The minimum absolute atomic E-state index is 0.708. The molecule has 0 aliphatic carbocycles. The van der Waals surface area contributed by atoms with E-state index in [2.05, 4.69) is 4.98 Å². The number of halogens is 3. The fraction of sp³-hybridized carbons (Fsp3) is 0.200. The van der Waals surface area contributed by atoms with E-state index in [4.69, 9.17) is 7.05 Å². The summed E-state index contributed by atoms with van der Waals surface area (Å²) in [4.78, 5) is 3.00. The average molecular weight is 148 g/mol. The Balaban J connectivity index is 2.96. The first-order chi connectivity index (χ1) is 4.50. The summed E-state index contributed by atoms with van der Waals surface area (Å²) in [5.41, 5.74) is -0.977. The second-order valence-corrected chi connectivity index (χ2v) is 1.70. The van der Waals surface area contributed by atoms with E-state index >= 15 is 0 Å². The van der Waals surface area contributed by atoms with Crippen LogP contribution >= 0.6 is 0 Å². The van der Waals surface area contributed by atoms with Crippen LogP contribution in [0.3, 0.4) is 0 Å². The summed E-state index contributed by atoms with van der Waals surface area (Å²) in [5.74, 6) is 0. The van der Waals surface area contributed by atoms with Gasteiger partial charge in [-0.05, 0) is 0 Å². The molecule has 0 spiro atoms. The van der Waals surface area contributed by atoms with Crippen molar-refractivity contribution in [2.45, 2.75) is 6.18 Å². The number of imidazole rings is 1. The molecule has 54 valence electrons. The molecule has 0 unspecified atom stereocenters. The Morgan fingerprint density at radius 2 is 2.10 bits per heavy atom. The van der Waals surface area contributed by atoms with Gasteiger partial charge in [-0.3, -0.25) is 0 Å². The van der Waals surface area contributed by atoms with E-state index < -0.39 is 11.9 Å². The molecule has 0 saturated carbocycles. The second kappa shape index (κ2) is 2.00. The molecule has 0 bridgehead atoms. The van der Waals surface area contributed by atoms with Crippen molar-refractivity contribution >= 4 is 0 Å². The van der Waals surface area contributed by atoms with E-state index in [-0.39, 0.29) is 0 Å². The van der Waals surface area contributed by atoms with Gasteiger partial charge < -0.3 is 4.57 Å². The molecule has 2 nitrogen and oxygen atoms in total. The van der Waals surface area contributed by atoms with Gasteiger partial charge in [-0.25, -0.2) is 4.98 Å². The third-order valence-electron chi connectivity index (χ3n) is 0.892. The number of hydrogen-bond donors (Lipinski definition) is 0. The van der Waals surface area contributed by atoms with Crippen molar-refractivity contribution in [1.29, 1.82) is 0 Å². The maximum atomic E-state index is 11.7. The summed E-state index contributed by atoms with van der Waals surface area (Å²) in [7, 11) is 4.93. The van der Waals surface area contributed by atoms with Crippen LogP contribution in [0.2, 0.25) is 0 Å². The summed E-state index contributed by atoms with van der Waals surface area (Å²) in [5, 5.41) is 0. The van der Waals surface area contributed by atoms with E-state index in [9.17, 15) is 13.2 Å². The SMILES string of the molecule is [CH]n1cnc(C(F)(F)F)c1. The number of hydrogen-bond acceptors (Lipinski definition) is 1. The number of aromatic nitrogens is 2. The number of alkyl halides is 3. The maximum absolute atomic E-state index is 11.7. The molecule has 0 aliphatic heterocycles. The summed E-state index contributed by atoms with van der Waals surface area (Å²) in [6.07, 6.45) is -2.80. The molecule has 0 fully saturated rings. The van der Waals surface area contributed by atoms with Crippen LogP contribution in [0, 0.1) is 7.05 Å². The zero-order valence-corrected chi connectivity index (χ0v) is 4.76. The van der Waals surface area contributed by atoms with Crippen LogP contribution in [0.5, 0.6) is 0 Å². The molecule has 0 saturated heterocycles. The fourth-order valence-electron chi connectivity index (χ4n) is 0.483. The van der Waals surface area contributed by atoms with E-state index in [0.717, 1.165) is 10.9 Å². The lowest BCUT2D eigenvalue weighted by Crippen LogP contribution is -2.04. The Morgan fingerprint density at radius 3 is 2.30 bits per heavy atom. The quantitative estimate of drug-likeness (QED) is 0.544. The summed E-state index contributed by atoms with van der Waals surface area (Å²) < 4.78 is 35.8. The smallest absolute Gasteiger partial charge is 0.329 e. The fourth-order valence-corrected chi connectivity index (χ4v) is 0.483. The van der Waals surface area contributed by atoms with Gasteiger partial charge >= 0.3 is 6.18 Å². The number of rotatable bonds is 0. The molecule has 1 heterocycles. The molecule has 0 atom stereocenters. The highest BCUT2D eigenvalue weighted by Crippen LogP contribution is 2.26. The number of nitrogens with zero attached hydrogens (tertiary/aromatic N) is 2.